The van der Waals surface area contributed by atoms with Gasteiger partial charge in [-0.2, -0.15) is 5.10 Å². The molecule has 1 heterocycles. The van der Waals surface area contributed by atoms with Crippen molar-refractivity contribution in [2.45, 2.75) is 13.5 Å². The summed E-state index contributed by atoms with van der Waals surface area (Å²) in [6, 6.07) is 18.9. The van der Waals surface area contributed by atoms with E-state index in [1.807, 2.05) is 67.6 Å². The fourth-order valence-corrected chi connectivity index (χ4v) is 2.56. The van der Waals surface area contributed by atoms with Gasteiger partial charge in [-0.25, -0.2) is 4.98 Å². The van der Waals surface area contributed by atoms with E-state index in [1.165, 1.54) is 0 Å². The van der Waals surface area contributed by atoms with Crippen LogP contribution in [0.3, 0.4) is 0 Å². The van der Waals surface area contributed by atoms with Gasteiger partial charge in [0.25, 0.3) is 0 Å². The number of rotatable bonds is 8. The van der Waals surface area contributed by atoms with Gasteiger partial charge in [0.15, 0.2) is 11.5 Å². The molecule has 27 heavy (non-hydrogen) atoms. The van der Waals surface area contributed by atoms with E-state index in [0.717, 1.165) is 11.1 Å². The highest BCUT2D eigenvalue weighted by molar-refractivity contribution is 6.31. The van der Waals surface area contributed by atoms with E-state index >= 15 is 0 Å². The number of benzene rings is 2. The standard InChI is InChI=1S/C21H20ClN3O2/c1-2-26-20-13-16(14-24-25-21-9-5-6-12-23-21)10-11-19(20)27-15-17-7-3-4-8-18(17)22/h3-14H,2,15H2,1H3,(H,23,25)/b24-14+. The van der Waals surface area contributed by atoms with Crippen LogP contribution in [0.25, 0.3) is 0 Å². The summed E-state index contributed by atoms with van der Waals surface area (Å²) in [5.41, 5.74) is 4.69. The zero-order chi connectivity index (χ0) is 18.9. The first-order chi connectivity index (χ1) is 13.3. The summed E-state index contributed by atoms with van der Waals surface area (Å²) >= 11 is 6.18. The fraction of sp³-hybridized carbons (Fsp3) is 0.143. The van der Waals surface area contributed by atoms with Crippen LogP contribution in [0, 0.1) is 0 Å². The third-order valence-corrected chi connectivity index (χ3v) is 4.03. The summed E-state index contributed by atoms with van der Waals surface area (Å²) < 4.78 is 11.6. The van der Waals surface area contributed by atoms with Gasteiger partial charge >= 0.3 is 0 Å². The Kier molecular flexibility index (Phi) is 6.66. The Morgan fingerprint density at radius 2 is 1.89 bits per heavy atom. The average Bonchev–Trinajstić information content (AvgIpc) is 2.69. The molecule has 0 saturated carbocycles. The largest absolute Gasteiger partial charge is 0.490 e. The highest BCUT2D eigenvalue weighted by atomic mass is 35.5. The minimum absolute atomic E-state index is 0.369. The zero-order valence-corrected chi connectivity index (χ0v) is 15.7. The molecule has 0 atom stereocenters. The van der Waals surface area contributed by atoms with Crippen LogP contribution in [0.4, 0.5) is 5.82 Å². The van der Waals surface area contributed by atoms with Crippen LogP contribution >= 0.6 is 11.6 Å². The Morgan fingerprint density at radius 1 is 1.04 bits per heavy atom. The second-order valence-electron chi connectivity index (χ2n) is 5.60. The van der Waals surface area contributed by atoms with Crippen molar-refractivity contribution < 1.29 is 9.47 Å². The second kappa shape index (κ2) is 9.59. The molecule has 0 aliphatic heterocycles. The van der Waals surface area contributed by atoms with E-state index in [0.29, 0.717) is 35.6 Å². The Morgan fingerprint density at radius 3 is 2.67 bits per heavy atom. The lowest BCUT2D eigenvalue weighted by atomic mass is 10.2. The zero-order valence-electron chi connectivity index (χ0n) is 14.9. The van der Waals surface area contributed by atoms with E-state index in [1.54, 1.807) is 12.4 Å². The summed E-state index contributed by atoms with van der Waals surface area (Å²) in [4.78, 5) is 4.15. The lowest BCUT2D eigenvalue weighted by Gasteiger charge is -2.13. The van der Waals surface area contributed by atoms with Gasteiger partial charge in [-0.1, -0.05) is 35.9 Å². The van der Waals surface area contributed by atoms with Crippen LogP contribution in [0.1, 0.15) is 18.1 Å². The van der Waals surface area contributed by atoms with Crippen molar-refractivity contribution in [2.24, 2.45) is 5.10 Å². The van der Waals surface area contributed by atoms with E-state index in [-0.39, 0.29) is 0 Å². The molecule has 3 aromatic rings. The van der Waals surface area contributed by atoms with Crippen LogP contribution in [0.5, 0.6) is 11.5 Å². The number of anilines is 1. The van der Waals surface area contributed by atoms with Crippen LogP contribution < -0.4 is 14.9 Å². The topological polar surface area (TPSA) is 55.7 Å². The molecule has 0 saturated heterocycles. The quantitative estimate of drug-likeness (QED) is 0.432. The monoisotopic (exact) mass is 381 g/mol. The molecule has 0 amide bonds. The predicted octanol–water partition coefficient (Wildman–Crippen LogP) is 5.16. The Balaban J connectivity index is 1.69. The fourth-order valence-electron chi connectivity index (χ4n) is 2.37. The Labute approximate surface area is 163 Å². The molecule has 0 spiro atoms. The number of nitrogens with one attached hydrogen (secondary N) is 1. The molecule has 0 fully saturated rings. The minimum atomic E-state index is 0.369. The van der Waals surface area contributed by atoms with Crippen LogP contribution in [0.2, 0.25) is 5.02 Å². The van der Waals surface area contributed by atoms with Crippen molar-refractivity contribution >= 4 is 23.6 Å². The van der Waals surface area contributed by atoms with Crippen molar-refractivity contribution in [1.29, 1.82) is 0 Å². The van der Waals surface area contributed by atoms with Gasteiger partial charge in [0, 0.05) is 16.8 Å². The van der Waals surface area contributed by atoms with Gasteiger partial charge in [0.1, 0.15) is 12.4 Å². The number of pyridine rings is 1. The molecular formula is C21H20ClN3O2. The normalized spacial score (nSPS) is 10.7. The van der Waals surface area contributed by atoms with Gasteiger partial charge < -0.3 is 9.47 Å². The van der Waals surface area contributed by atoms with Gasteiger partial charge in [-0.05, 0) is 48.9 Å². The van der Waals surface area contributed by atoms with Crippen molar-refractivity contribution in [3.8, 4) is 11.5 Å². The molecule has 0 unspecified atom stereocenters. The lowest BCUT2D eigenvalue weighted by Crippen LogP contribution is -2.01. The maximum Gasteiger partial charge on any atom is 0.161 e. The molecule has 0 radical (unpaired) electrons. The number of hydrogen-bond acceptors (Lipinski definition) is 5. The molecule has 2 aromatic carbocycles. The highest BCUT2D eigenvalue weighted by Crippen LogP contribution is 2.29. The average molecular weight is 382 g/mol. The Hall–Kier alpha value is -3.05. The van der Waals surface area contributed by atoms with E-state index in [4.69, 9.17) is 21.1 Å². The predicted molar refractivity (Wildman–Crippen MR) is 109 cm³/mol. The number of hydrogen-bond donors (Lipinski definition) is 1. The molecule has 3 rings (SSSR count). The van der Waals surface area contributed by atoms with E-state index in [2.05, 4.69) is 15.5 Å². The first-order valence-electron chi connectivity index (χ1n) is 8.59. The van der Waals surface area contributed by atoms with Gasteiger partial charge in [-0.3, -0.25) is 5.43 Å². The molecule has 1 aromatic heterocycles. The van der Waals surface area contributed by atoms with Gasteiger partial charge in [-0.15, -0.1) is 0 Å². The maximum absolute atomic E-state index is 6.18. The number of aromatic nitrogens is 1. The van der Waals surface area contributed by atoms with Gasteiger partial charge in [0.2, 0.25) is 0 Å². The van der Waals surface area contributed by atoms with E-state index < -0.39 is 0 Å². The summed E-state index contributed by atoms with van der Waals surface area (Å²) in [5, 5.41) is 4.88. The van der Waals surface area contributed by atoms with E-state index in [9.17, 15) is 0 Å². The number of hydrazone groups is 1. The number of nitrogens with zero attached hydrogens (tertiary/aromatic N) is 2. The Bertz CT molecular complexity index is 901. The second-order valence-corrected chi connectivity index (χ2v) is 6.01. The molecule has 6 heteroatoms. The molecule has 1 N–H and O–H groups in total. The van der Waals surface area contributed by atoms with Crippen molar-refractivity contribution in [3.05, 3.63) is 83.0 Å². The third kappa shape index (κ3) is 5.46. The third-order valence-electron chi connectivity index (χ3n) is 3.67. The summed E-state index contributed by atoms with van der Waals surface area (Å²) in [7, 11) is 0. The van der Waals surface area contributed by atoms with Crippen LogP contribution in [-0.2, 0) is 6.61 Å². The van der Waals surface area contributed by atoms with Gasteiger partial charge in [0.05, 0.1) is 12.8 Å². The van der Waals surface area contributed by atoms with Crippen LogP contribution in [-0.4, -0.2) is 17.8 Å². The molecule has 0 aliphatic rings. The van der Waals surface area contributed by atoms with Crippen molar-refractivity contribution in [2.75, 3.05) is 12.0 Å². The number of ether oxygens (including phenoxy) is 2. The van der Waals surface area contributed by atoms with Crippen LogP contribution in [0.15, 0.2) is 72.0 Å². The highest BCUT2D eigenvalue weighted by Gasteiger charge is 2.08. The summed E-state index contributed by atoms with van der Waals surface area (Å²) in [5.74, 6) is 2.00. The first kappa shape index (κ1) is 18.7. The molecular weight excluding hydrogens is 362 g/mol. The minimum Gasteiger partial charge on any atom is -0.490 e. The van der Waals surface area contributed by atoms with Crippen molar-refractivity contribution in [1.82, 2.24) is 4.98 Å². The SMILES string of the molecule is CCOc1cc(/C=N/Nc2ccccn2)ccc1OCc1ccccc1Cl. The molecule has 5 nitrogen and oxygen atoms in total. The summed E-state index contributed by atoms with van der Waals surface area (Å²) in [6.45, 7) is 2.84. The van der Waals surface area contributed by atoms with Crippen molar-refractivity contribution in [3.63, 3.8) is 0 Å². The maximum atomic E-state index is 6.18. The number of halogens is 1. The smallest absolute Gasteiger partial charge is 0.161 e. The molecule has 138 valence electrons. The first-order valence-corrected chi connectivity index (χ1v) is 8.97. The summed E-state index contributed by atoms with van der Waals surface area (Å²) in [6.07, 6.45) is 3.41. The molecule has 0 aliphatic carbocycles. The lowest BCUT2D eigenvalue weighted by molar-refractivity contribution is 0.269. The molecule has 0 bridgehead atoms.